The van der Waals surface area contributed by atoms with Gasteiger partial charge in [0.15, 0.2) is 0 Å². The maximum absolute atomic E-state index is 12.5. The van der Waals surface area contributed by atoms with Crippen molar-refractivity contribution in [3.05, 3.63) is 41.7 Å². The highest BCUT2D eigenvalue weighted by Gasteiger charge is 2.38. The van der Waals surface area contributed by atoms with Crippen LogP contribution in [-0.2, 0) is 4.79 Å². The van der Waals surface area contributed by atoms with Crippen molar-refractivity contribution in [2.24, 2.45) is 11.8 Å². The van der Waals surface area contributed by atoms with Crippen molar-refractivity contribution in [1.82, 2.24) is 10.1 Å². The Morgan fingerprint density at radius 2 is 1.96 bits per heavy atom. The van der Waals surface area contributed by atoms with Gasteiger partial charge in [0.2, 0.25) is 5.76 Å². The fourth-order valence-electron chi connectivity index (χ4n) is 2.85. The van der Waals surface area contributed by atoms with Crippen LogP contribution in [0.3, 0.4) is 0 Å². The predicted octanol–water partition coefficient (Wildman–Crippen LogP) is 2.44. The summed E-state index contributed by atoms with van der Waals surface area (Å²) in [5.74, 6) is -1.65. The van der Waals surface area contributed by atoms with Crippen LogP contribution in [0.1, 0.15) is 23.0 Å². The minimum absolute atomic E-state index is 0.0732. The first kappa shape index (κ1) is 15.3. The summed E-state index contributed by atoms with van der Waals surface area (Å²) in [4.78, 5) is 25.1. The number of hydrogen-bond donors (Lipinski definition) is 1. The summed E-state index contributed by atoms with van der Waals surface area (Å²) in [5.41, 5.74) is 2.60. The lowest BCUT2D eigenvalue weighted by molar-refractivity contribution is -0.142. The maximum Gasteiger partial charge on any atom is 0.308 e. The number of aryl methyl sites for hydroxylation is 1. The van der Waals surface area contributed by atoms with Gasteiger partial charge < -0.3 is 14.5 Å². The molecule has 1 aromatic heterocycles. The number of aromatic nitrogens is 1. The monoisotopic (exact) mass is 314 g/mol. The lowest BCUT2D eigenvalue weighted by Gasteiger charge is -2.13. The topological polar surface area (TPSA) is 83.6 Å². The quantitative estimate of drug-likeness (QED) is 0.940. The summed E-state index contributed by atoms with van der Waals surface area (Å²) in [6.07, 6.45) is 0. The normalized spacial score (nSPS) is 20.7. The second-order valence-corrected chi connectivity index (χ2v) is 6.07. The molecule has 0 spiro atoms. The molecule has 0 radical (unpaired) electrons. The standard InChI is InChI=1S/C17H18N2O4/c1-10-3-5-12(6-4-10)14-7-15(23-18-14)16(20)19-8-11(2)13(9-19)17(21)22/h3-7,11,13H,8-9H2,1-2H3,(H,21,22)/t11-,13-/m1/s1. The molecule has 1 fully saturated rings. The van der Waals surface area contributed by atoms with Crippen molar-refractivity contribution in [3.63, 3.8) is 0 Å². The van der Waals surface area contributed by atoms with Crippen LogP contribution < -0.4 is 0 Å². The first-order valence-corrected chi connectivity index (χ1v) is 7.51. The zero-order chi connectivity index (χ0) is 16.6. The number of carboxylic acids is 1. The molecule has 1 aliphatic rings. The van der Waals surface area contributed by atoms with Gasteiger partial charge in [-0.25, -0.2) is 0 Å². The van der Waals surface area contributed by atoms with E-state index in [0.717, 1.165) is 11.1 Å². The molecule has 2 heterocycles. The number of hydrogen-bond acceptors (Lipinski definition) is 4. The highest BCUT2D eigenvalue weighted by molar-refractivity contribution is 5.93. The fraction of sp³-hybridized carbons (Fsp3) is 0.353. The van der Waals surface area contributed by atoms with Crippen LogP contribution in [0.4, 0.5) is 0 Å². The van der Waals surface area contributed by atoms with Crippen molar-refractivity contribution < 1.29 is 19.2 Å². The van der Waals surface area contributed by atoms with Gasteiger partial charge in [0.25, 0.3) is 5.91 Å². The van der Waals surface area contributed by atoms with Crippen LogP contribution in [0.15, 0.2) is 34.9 Å². The average Bonchev–Trinajstić information content (AvgIpc) is 3.14. The molecule has 1 aliphatic heterocycles. The summed E-state index contributed by atoms with van der Waals surface area (Å²) >= 11 is 0. The predicted molar refractivity (Wildman–Crippen MR) is 82.9 cm³/mol. The van der Waals surface area contributed by atoms with Gasteiger partial charge in [0.1, 0.15) is 5.69 Å². The Hall–Kier alpha value is -2.63. The molecular weight excluding hydrogens is 296 g/mol. The lowest BCUT2D eigenvalue weighted by Crippen LogP contribution is -2.29. The van der Waals surface area contributed by atoms with Gasteiger partial charge in [-0.15, -0.1) is 0 Å². The molecule has 6 heteroatoms. The first-order chi connectivity index (χ1) is 11.0. The number of carbonyl (C=O) groups excluding carboxylic acids is 1. The SMILES string of the molecule is Cc1ccc(-c2cc(C(=O)N3C[C@@H](C)[C@H](C(=O)O)C3)on2)cc1. The largest absolute Gasteiger partial charge is 0.481 e. The maximum atomic E-state index is 12.5. The first-order valence-electron chi connectivity index (χ1n) is 7.51. The number of rotatable bonds is 3. The summed E-state index contributed by atoms with van der Waals surface area (Å²) in [6.45, 7) is 4.45. The summed E-state index contributed by atoms with van der Waals surface area (Å²) in [7, 11) is 0. The van der Waals surface area contributed by atoms with Crippen LogP contribution in [0.2, 0.25) is 0 Å². The Morgan fingerprint density at radius 3 is 2.57 bits per heavy atom. The van der Waals surface area contributed by atoms with E-state index in [2.05, 4.69) is 5.16 Å². The smallest absolute Gasteiger partial charge is 0.308 e. The molecule has 2 atom stereocenters. The molecule has 0 aliphatic carbocycles. The second kappa shape index (κ2) is 5.87. The van der Waals surface area contributed by atoms with E-state index in [1.54, 1.807) is 6.07 Å². The molecule has 1 aromatic carbocycles. The molecule has 3 rings (SSSR count). The number of nitrogens with zero attached hydrogens (tertiary/aromatic N) is 2. The van der Waals surface area contributed by atoms with Gasteiger partial charge in [0.05, 0.1) is 5.92 Å². The highest BCUT2D eigenvalue weighted by atomic mass is 16.5. The van der Waals surface area contributed by atoms with Crippen molar-refractivity contribution in [1.29, 1.82) is 0 Å². The average molecular weight is 314 g/mol. The molecule has 0 saturated carbocycles. The Morgan fingerprint density at radius 1 is 1.26 bits per heavy atom. The van der Waals surface area contributed by atoms with E-state index in [1.807, 2.05) is 38.1 Å². The minimum atomic E-state index is -0.870. The van der Waals surface area contributed by atoms with E-state index in [4.69, 9.17) is 9.63 Å². The minimum Gasteiger partial charge on any atom is -0.481 e. The molecule has 0 unspecified atom stereocenters. The van der Waals surface area contributed by atoms with Gasteiger partial charge in [-0.2, -0.15) is 0 Å². The lowest BCUT2D eigenvalue weighted by atomic mass is 9.99. The highest BCUT2D eigenvalue weighted by Crippen LogP contribution is 2.26. The van der Waals surface area contributed by atoms with Crippen LogP contribution in [0, 0.1) is 18.8 Å². The van der Waals surface area contributed by atoms with Crippen molar-refractivity contribution in [2.45, 2.75) is 13.8 Å². The number of benzene rings is 1. The summed E-state index contributed by atoms with van der Waals surface area (Å²) in [6, 6.07) is 9.36. The van der Waals surface area contributed by atoms with Crippen molar-refractivity contribution >= 4 is 11.9 Å². The zero-order valence-electron chi connectivity index (χ0n) is 13.0. The molecule has 1 N–H and O–H groups in total. The van der Waals surface area contributed by atoms with Gasteiger partial charge in [-0.05, 0) is 12.8 Å². The van der Waals surface area contributed by atoms with E-state index >= 15 is 0 Å². The van der Waals surface area contributed by atoms with Crippen LogP contribution in [0.25, 0.3) is 11.3 Å². The Kier molecular flexibility index (Phi) is 3.90. The molecule has 6 nitrogen and oxygen atoms in total. The summed E-state index contributed by atoms with van der Waals surface area (Å²) < 4.78 is 5.17. The number of carbonyl (C=O) groups is 2. The zero-order valence-corrected chi connectivity index (χ0v) is 13.0. The van der Waals surface area contributed by atoms with Gasteiger partial charge in [-0.3, -0.25) is 9.59 Å². The second-order valence-electron chi connectivity index (χ2n) is 6.07. The molecule has 0 bridgehead atoms. The molecule has 120 valence electrons. The van der Waals surface area contributed by atoms with E-state index in [1.165, 1.54) is 4.90 Å². The molecule has 23 heavy (non-hydrogen) atoms. The summed E-state index contributed by atoms with van der Waals surface area (Å²) in [5, 5.41) is 13.1. The van der Waals surface area contributed by atoms with Crippen molar-refractivity contribution in [2.75, 3.05) is 13.1 Å². The third-order valence-corrected chi connectivity index (χ3v) is 4.29. The van der Waals surface area contributed by atoms with Crippen LogP contribution >= 0.6 is 0 Å². The Bertz CT molecular complexity index is 735. The van der Waals surface area contributed by atoms with Crippen LogP contribution in [-0.4, -0.2) is 40.1 Å². The third kappa shape index (κ3) is 2.97. The molecular formula is C17H18N2O4. The van der Waals surface area contributed by atoms with E-state index < -0.39 is 11.9 Å². The Labute approximate surface area is 133 Å². The molecule has 1 saturated heterocycles. The number of amides is 1. The van der Waals surface area contributed by atoms with E-state index in [0.29, 0.717) is 12.2 Å². The molecule has 2 aromatic rings. The number of carboxylic acid groups (broad SMARTS) is 1. The van der Waals surface area contributed by atoms with Crippen molar-refractivity contribution in [3.8, 4) is 11.3 Å². The number of likely N-dealkylation sites (tertiary alicyclic amines) is 1. The van der Waals surface area contributed by atoms with E-state index in [-0.39, 0.29) is 24.1 Å². The molecule has 1 amide bonds. The Balaban J connectivity index is 1.77. The van der Waals surface area contributed by atoms with Crippen LogP contribution in [0.5, 0.6) is 0 Å². The number of aliphatic carboxylic acids is 1. The van der Waals surface area contributed by atoms with Gasteiger partial charge in [-0.1, -0.05) is 41.9 Å². The fourth-order valence-corrected chi connectivity index (χ4v) is 2.85. The third-order valence-electron chi connectivity index (χ3n) is 4.29. The van der Waals surface area contributed by atoms with E-state index in [9.17, 15) is 9.59 Å². The van der Waals surface area contributed by atoms with Gasteiger partial charge in [0, 0.05) is 24.7 Å². The van der Waals surface area contributed by atoms with Gasteiger partial charge >= 0.3 is 5.97 Å².